The van der Waals surface area contributed by atoms with E-state index in [0.29, 0.717) is 31.6 Å². The fourth-order valence-electron chi connectivity index (χ4n) is 4.47. The van der Waals surface area contributed by atoms with E-state index in [1.165, 1.54) is 17.0 Å². The summed E-state index contributed by atoms with van der Waals surface area (Å²) >= 11 is 0. The standard InChI is InChI=1S/C22H20FN3O3/c23-15-7-5-13(6-8-15)14-9-19(24-10-14)22(29)25-11-16(12-25)26-20(27)17-3-1-2-4-18(17)21(26)28/h1-2,5-10,16-18,24H,3-4,11-12H2/t17-,18+. The molecule has 2 aromatic rings. The van der Waals surface area contributed by atoms with Gasteiger partial charge >= 0.3 is 0 Å². The van der Waals surface area contributed by atoms with Crippen molar-refractivity contribution in [3.05, 3.63) is 60.2 Å². The molecule has 1 aromatic heterocycles. The molecule has 2 fully saturated rings. The van der Waals surface area contributed by atoms with Gasteiger partial charge in [-0.25, -0.2) is 4.39 Å². The van der Waals surface area contributed by atoms with Crippen molar-refractivity contribution >= 4 is 17.7 Å². The van der Waals surface area contributed by atoms with Crippen LogP contribution in [0.15, 0.2) is 48.7 Å². The number of fused-ring (bicyclic) bond motifs is 1. The third-order valence-corrected chi connectivity index (χ3v) is 6.15. The molecule has 3 aliphatic rings. The van der Waals surface area contributed by atoms with E-state index in [-0.39, 0.29) is 41.4 Å². The molecule has 0 bridgehead atoms. The smallest absolute Gasteiger partial charge is 0.270 e. The van der Waals surface area contributed by atoms with Gasteiger partial charge in [-0.3, -0.25) is 19.3 Å². The quantitative estimate of drug-likeness (QED) is 0.644. The van der Waals surface area contributed by atoms with Crippen LogP contribution in [0.1, 0.15) is 23.3 Å². The molecule has 3 heterocycles. The highest BCUT2D eigenvalue weighted by Gasteiger charge is 2.52. The van der Waals surface area contributed by atoms with Crippen molar-refractivity contribution in [1.82, 2.24) is 14.8 Å². The predicted molar refractivity (Wildman–Crippen MR) is 103 cm³/mol. The number of aromatic amines is 1. The van der Waals surface area contributed by atoms with Crippen molar-refractivity contribution in [2.24, 2.45) is 11.8 Å². The largest absolute Gasteiger partial charge is 0.357 e. The van der Waals surface area contributed by atoms with Crippen LogP contribution in [-0.2, 0) is 9.59 Å². The zero-order chi connectivity index (χ0) is 20.1. The molecule has 0 radical (unpaired) electrons. The molecule has 1 N–H and O–H groups in total. The first-order valence-electron chi connectivity index (χ1n) is 9.78. The second-order valence-electron chi connectivity index (χ2n) is 7.88. The Kier molecular flexibility index (Phi) is 4.12. The summed E-state index contributed by atoms with van der Waals surface area (Å²) in [4.78, 5) is 44.0. The minimum atomic E-state index is -0.311. The first-order chi connectivity index (χ1) is 14.0. The molecule has 7 heteroatoms. The highest BCUT2D eigenvalue weighted by atomic mass is 19.1. The molecule has 0 spiro atoms. The molecular formula is C22H20FN3O3. The Hall–Kier alpha value is -3.22. The Morgan fingerprint density at radius 2 is 1.59 bits per heavy atom. The van der Waals surface area contributed by atoms with E-state index in [4.69, 9.17) is 0 Å². The maximum absolute atomic E-state index is 13.1. The van der Waals surface area contributed by atoms with Crippen molar-refractivity contribution in [1.29, 1.82) is 0 Å². The van der Waals surface area contributed by atoms with Crippen molar-refractivity contribution in [3.8, 4) is 11.1 Å². The number of carbonyl (C=O) groups is 3. The van der Waals surface area contributed by atoms with Gasteiger partial charge in [-0.15, -0.1) is 0 Å². The van der Waals surface area contributed by atoms with Crippen LogP contribution in [0.4, 0.5) is 4.39 Å². The van der Waals surface area contributed by atoms with Gasteiger partial charge < -0.3 is 9.88 Å². The summed E-state index contributed by atoms with van der Waals surface area (Å²) in [7, 11) is 0. The van der Waals surface area contributed by atoms with Gasteiger partial charge in [0.15, 0.2) is 0 Å². The van der Waals surface area contributed by atoms with Crippen LogP contribution in [0.2, 0.25) is 0 Å². The summed E-state index contributed by atoms with van der Waals surface area (Å²) in [5.74, 6) is -1.15. The molecule has 6 nitrogen and oxygen atoms in total. The normalized spacial score (nSPS) is 24.0. The molecule has 29 heavy (non-hydrogen) atoms. The average Bonchev–Trinajstić information content (AvgIpc) is 3.28. The number of halogens is 1. The number of amides is 3. The van der Waals surface area contributed by atoms with Crippen LogP contribution < -0.4 is 0 Å². The van der Waals surface area contributed by atoms with Crippen LogP contribution >= 0.6 is 0 Å². The lowest BCUT2D eigenvalue weighted by molar-refractivity contribution is -0.145. The Morgan fingerprint density at radius 3 is 2.21 bits per heavy atom. The first kappa shape index (κ1) is 17.8. The summed E-state index contributed by atoms with van der Waals surface area (Å²) in [6.07, 6.45) is 6.89. The summed E-state index contributed by atoms with van der Waals surface area (Å²) in [5.41, 5.74) is 2.04. The zero-order valence-corrected chi connectivity index (χ0v) is 15.7. The highest BCUT2D eigenvalue weighted by Crippen LogP contribution is 2.37. The number of imide groups is 1. The van der Waals surface area contributed by atoms with Crippen molar-refractivity contribution in [2.75, 3.05) is 13.1 Å². The van der Waals surface area contributed by atoms with E-state index < -0.39 is 0 Å². The molecule has 2 aliphatic heterocycles. The average molecular weight is 393 g/mol. The second-order valence-corrected chi connectivity index (χ2v) is 7.88. The van der Waals surface area contributed by atoms with E-state index in [9.17, 15) is 18.8 Å². The predicted octanol–water partition coefficient (Wildman–Crippen LogP) is 2.60. The van der Waals surface area contributed by atoms with Gasteiger partial charge in [-0.2, -0.15) is 0 Å². The number of carbonyl (C=O) groups excluding carboxylic acids is 3. The van der Waals surface area contributed by atoms with E-state index in [2.05, 4.69) is 4.98 Å². The van der Waals surface area contributed by atoms with Crippen LogP contribution in [0.5, 0.6) is 0 Å². The number of H-pyrrole nitrogens is 1. The summed E-state index contributed by atoms with van der Waals surface area (Å²) in [6.45, 7) is 0.710. The fraction of sp³-hybridized carbons (Fsp3) is 0.318. The molecule has 1 aromatic carbocycles. The van der Waals surface area contributed by atoms with Gasteiger partial charge in [0, 0.05) is 19.3 Å². The van der Waals surface area contributed by atoms with Crippen molar-refractivity contribution in [3.63, 3.8) is 0 Å². The van der Waals surface area contributed by atoms with Gasteiger partial charge in [-0.05, 0) is 42.2 Å². The number of likely N-dealkylation sites (tertiary alicyclic amines) is 2. The van der Waals surface area contributed by atoms with Gasteiger partial charge in [0.25, 0.3) is 5.91 Å². The minimum absolute atomic E-state index is 0.0973. The van der Waals surface area contributed by atoms with Crippen LogP contribution in [0.3, 0.4) is 0 Å². The molecule has 2 saturated heterocycles. The number of rotatable bonds is 3. The maximum atomic E-state index is 13.1. The Morgan fingerprint density at radius 1 is 0.966 bits per heavy atom. The molecule has 2 atom stereocenters. The number of nitrogens with one attached hydrogen (secondary N) is 1. The molecule has 5 rings (SSSR count). The molecule has 0 unspecified atom stereocenters. The maximum Gasteiger partial charge on any atom is 0.270 e. The Bertz CT molecular complexity index is 994. The molecule has 3 amide bonds. The summed E-state index contributed by atoms with van der Waals surface area (Å²) in [6, 6.07) is 7.56. The summed E-state index contributed by atoms with van der Waals surface area (Å²) in [5, 5.41) is 0. The fourth-order valence-corrected chi connectivity index (χ4v) is 4.47. The number of hydrogen-bond acceptors (Lipinski definition) is 3. The van der Waals surface area contributed by atoms with E-state index in [1.54, 1.807) is 29.3 Å². The van der Waals surface area contributed by atoms with E-state index >= 15 is 0 Å². The van der Waals surface area contributed by atoms with Crippen molar-refractivity contribution in [2.45, 2.75) is 18.9 Å². The molecule has 1 aliphatic carbocycles. The van der Waals surface area contributed by atoms with Crippen LogP contribution in [0.25, 0.3) is 11.1 Å². The third-order valence-electron chi connectivity index (χ3n) is 6.15. The zero-order valence-electron chi connectivity index (χ0n) is 15.7. The van der Waals surface area contributed by atoms with Crippen LogP contribution in [-0.4, -0.2) is 51.6 Å². The number of allylic oxidation sites excluding steroid dienone is 2. The first-order valence-corrected chi connectivity index (χ1v) is 9.78. The molecular weight excluding hydrogens is 373 g/mol. The summed E-state index contributed by atoms with van der Waals surface area (Å²) < 4.78 is 13.1. The SMILES string of the molecule is O=C(c1cc(-c2ccc(F)cc2)c[nH]1)N1CC(N2C(=O)[C@H]3CC=CC[C@H]3C2=O)C1. The van der Waals surface area contributed by atoms with Gasteiger partial charge in [0.2, 0.25) is 11.8 Å². The van der Waals surface area contributed by atoms with Gasteiger partial charge in [0.05, 0.1) is 17.9 Å². The lowest BCUT2D eigenvalue weighted by atomic mass is 9.85. The number of nitrogens with zero attached hydrogens (tertiary/aromatic N) is 2. The second kappa shape index (κ2) is 6.69. The van der Waals surface area contributed by atoms with E-state index in [0.717, 1.165) is 11.1 Å². The Labute approximate surface area is 167 Å². The lowest BCUT2D eigenvalue weighted by Gasteiger charge is -2.43. The van der Waals surface area contributed by atoms with Gasteiger partial charge in [-0.1, -0.05) is 24.3 Å². The molecule has 0 saturated carbocycles. The highest BCUT2D eigenvalue weighted by molar-refractivity contribution is 6.06. The topological polar surface area (TPSA) is 73.5 Å². The Balaban J connectivity index is 1.24. The third kappa shape index (κ3) is 2.88. The van der Waals surface area contributed by atoms with Crippen molar-refractivity contribution < 1.29 is 18.8 Å². The minimum Gasteiger partial charge on any atom is -0.357 e. The number of hydrogen-bond donors (Lipinski definition) is 1. The number of benzene rings is 1. The van der Waals surface area contributed by atoms with E-state index in [1.807, 2.05) is 12.2 Å². The van der Waals surface area contributed by atoms with Crippen LogP contribution in [0, 0.1) is 17.7 Å². The molecule has 148 valence electrons. The lowest BCUT2D eigenvalue weighted by Crippen LogP contribution is -2.62. The number of aromatic nitrogens is 1. The monoisotopic (exact) mass is 393 g/mol. The van der Waals surface area contributed by atoms with Gasteiger partial charge in [0.1, 0.15) is 11.5 Å².